The van der Waals surface area contributed by atoms with Gasteiger partial charge in [0.15, 0.2) is 0 Å². The number of nitrogens with zero attached hydrogens (tertiary/aromatic N) is 2. The maximum Gasteiger partial charge on any atom is 0.288 e. The van der Waals surface area contributed by atoms with Crippen molar-refractivity contribution in [2.45, 2.75) is 18.9 Å². The molecule has 76 valence electrons. The number of aromatic amines is 1. The van der Waals surface area contributed by atoms with Gasteiger partial charge < -0.3 is 10.4 Å². The largest absolute Gasteiger partial charge is 0.391 e. The molecule has 1 saturated carbocycles. The molecular formula is C8H12N4O2. The first kappa shape index (κ1) is 9.14. The quantitative estimate of drug-likeness (QED) is 0.594. The zero-order valence-corrected chi connectivity index (χ0v) is 7.60. The van der Waals surface area contributed by atoms with Crippen LogP contribution in [0.1, 0.15) is 23.5 Å². The fourth-order valence-electron chi connectivity index (χ4n) is 1.24. The number of aromatic nitrogens is 3. The zero-order valence-electron chi connectivity index (χ0n) is 7.60. The number of nitrogens with one attached hydrogen (secondary N) is 2. The molecule has 0 saturated heterocycles. The number of rotatable bonds is 4. The van der Waals surface area contributed by atoms with Crippen molar-refractivity contribution in [2.24, 2.45) is 5.92 Å². The third-order valence-electron chi connectivity index (χ3n) is 2.27. The minimum absolute atomic E-state index is 0.174. The van der Waals surface area contributed by atoms with Gasteiger partial charge >= 0.3 is 0 Å². The van der Waals surface area contributed by atoms with Gasteiger partial charge in [-0.05, 0) is 18.8 Å². The van der Waals surface area contributed by atoms with Crippen LogP contribution in [-0.2, 0) is 0 Å². The first-order valence-electron chi connectivity index (χ1n) is 4.59. The summed E-state index contributed by atoms with van der Waals surface area (Å²) in [6, 6.07) is 0. The van der Waals surface area contributed by atoms with E-state index in [4.69, 9.17) is 0 Å². The Morgan fingerprint density at radius 2 is 2.57 bits per heavy atom. The molecule has 1 aromatic heterocycles. The fraction of sp³-hybridized carbons (Fsp3) is 0.625. The highest BCUT2D eigenvalue weighted by molar-refractivity contribution is 5.90. The Balaban J connectivity index is 1.77. The van der Waals surface area contributed by atoms with Crippen LogP contribution in [0.25, 0.3) is 0 Å². The number of amides is 1. The second kappa shape index (κ2) is 3.75. The van der Waals surface area contributed by atoms with Gasteiger partial charge in [-0.15, -0.1) is 0 Å². The first-order chi connectivity index (χ1) is 6.77. The molecule has 3 N–H and O–H groups in total. The van der Waals surface area contributed by atoms with Crippen LogP contribution >= 0.6 is 0 Å². The number of hydrogen-bond donors (Lipinski definition) is 3. The van der Waals surface area contributed by atoms with Gasteiger partial charge in [0, 0.05) is 6.54 Å². The second-order valence-electron chi connectivity index (χ2n) is 3.45. The van der Waals surface area contributed by atoms with Gasteiger partial charge in [-0.25, -0.2) is 4.98 Å². The van der Waals surface area contributed by atoms with E-state index >= 15 is 0 Å². The van der Waals surface area contributed by atoms with E-state index in [-0.39, 0.29) is 18.3 Å². The average Bonchev–Trinajstić information content (AvgIpc) is 2.90. The lowest BCUT2D eigenvalue weighted by molar-refractivity contribution is 0.0891. The normalized spacial score (nSPS) is 17.8. The van der Waals surface area contributed by atoms with E-state index in [1.54, 1.807) is 0 Å². The molecular weight excluding hydrogens is 184 g/mol. The molecule has 0 radical (unpaired) electrons. The van der Waals surface area contributed by atoms with Crippen molar-refractivity contribution >= 4 is 5.91 Å². The molecule has 14 heavy (non-hydrogen) atoms. The lowest BCUT2D eigenvalue weighted by Gasteiger charge is -2.08. The monoisotopic (exact) mass is 196 g/mol. The summed E-state index contributed by atoms with van der Waals surface area (Å²) < 4.78 is 0. The van der Waals surface area contributed by atoms with Crippen LogP contribution in [-0.4, -0.2) is 38.8 Å². The van der Waals surface area contributed by atoms with E-state index < -0.39 is 6.10 Å². The Hall–Kier alpha value is -1.43. The molecule has 0 aromatic carbocycles. The number of H-pyrrole nitrogens is 1. The Morgan fingerprint density at radius 3 is 3.14 bits per heavy atom. The van der Waals surface area contributed by atoms with Gasteiger partial charge in [-0.1, -0.05) is 0 Å². The smallest absolute Gasteiger partial charge is 0.288 e. The van der Waals surface area contributed by atoms with E-state index in [1.165, 1.54) is 6.33 Å². The lowest BCUT2D eigenvalue weighted by atomic mass is 10.2. The summed E-state index contributed by atoms with van der Waals surface area (Å²) in [5, 5.41) is 18.1. The third-order valence-corrected chi connectivity index (χ3v) is 2.27. The first-order valence-corrected chi connectivity index (χ1v) is 4.59. The Bertz CT molecular complexity index is 307. The van der Waals surface area contributed by atoms with E-state index in [0.717, 1.165) is 12.8 Å². The minimum atomic E-state index is -0.429. The van der Waals surface area contributed by atoms with Crippen LogP contribution in [0.4, 0.5) is 0 Å². The molecule has 1 fully saturated rings. The average molecular weight is 196 g/mol. The summed E-state index contributed by atoms with van der Waals surface area (Å²) in [4.78, 5) is 15.0. The molecule has 1 heterocycles. The molecule has 1 amide bonds. The predicted molar refractivity (Wildman–Crippen MR) is 47.4 cm³/mol. The number of aliphatic hydroxyl groups excluding tert-OH is 1. The molecule has 1 aromatic rings. The summed E-state index contributed by atoms with van der Waals surface area (Å²) >= 11 is 0. The lowest BCUT2D eigenvalue weighted by Crippen LogP contribution is -2.33. The minimum Gasteiger partial charge on any atom is -0.391 e. The highest BCUT2D eigenvalue weighted by Gasteiger charge is 2.29. The molecule has 6 nitrogen and oxygen atoms in total. The highest BCUT2D eigenvalue weighted by Crippen LogP contribution is 2.32. The Labute approximate surface area is 80.7 Å². The van der Waals surface area contributed by atoms with Crippen molar-refractivity contribution in [2.75, 3.05) is 6.54 Å². The molecule has 1 unspecified atom stereocenters. The van der Waals surface area contributed by atoms with Gasteiger partial charge in [0.2, 0.25) is 5.82 Å². The van der Waals surface area contributed by atoms with Gasteiger partial charge in [0.05, 0.1) is 6.10 Å². The number of hydrogen-bond acceptors (Lipinski definition) is 4. The van der Waals surface area contributed by atoms with Crippen LogP contribution in [0.2, 0.25) is 0 Å². The van der Waals surface area contributed by atoms with Gasteiger partial charge in [-0.2, -0.15) is 5.10 Å². The topological polar surface area (TPSA) is 90.9 Å². The van der Waals surface area contributed by atoms with E-state index in [2.05, 4.69) is 20.5 Å². The molecule has 2 rings (SSSR count). The zero-order chi connectivity index (χ0) is 9.97. The molecule has 1 aliphatic rings. The molecule has 1 aliphatic carbocycles. The summed E-state index contributed by atoms with van der Waals surface area (Å²) in [5.41, 5.74) is 0. The maximum atomic E-state index is 11.3. The van der Waals surface area contributed by atoms with Crippen molar-refractivity contribution in [1.82, 2.24) is 20.5 Å². The SMILES string of the molecule is O=C(NCC(O)C1CC1)c1ncn[nH]1. The maximum absolute atomic E-state index is 11.3. The highest BCUT2D eigenvalue weighted by atomic mass is 16.3. The van der Waals surface area contributed by atoms with Gasteiger partial charge in [0.1, 0.15) is 6.33 Å². The summed E-state index contributed by atoms with van der Waals surface area (Å²) in [6.07, 6.45) is 2.95. The molecule has 1 atom stereocenters. The molecule has 0 aliphatic heterocycles. The number of carbonyl (C=O) groups is 1. The molecule has 0 bridgehead atoms. The number of carbonyl (C=O) groups excluding carboxylic acids is 1. The van der Waals surface area contributed by atoms with Crippen molar-refractivity contribution in [3.8, 4) is 0 Å². The van der Waals surface area contributed by atoms with Gasteiger partial charge in [-0.3, -0.25) is 9.89 Å². The fourth-order valence-corrected chi connectivity index (χ4v) is 1.24. The predicted octanol–water partition coefficient (Wildman–Crippen LogP) is -0.695. The van der Waals surface area contributed by atoms with Crippen molar-refractivity contribution in [3.05, 3.63) is 12.2 Å². The van der Waals surface area contributed by atoms with Crippen LogP contribution in [0.5, 0.6) is 0 Å². The second-order valence-corrected chi connectivity index (χ2v) is 3.45. The summed E-state index contributed by atoms with van der Waals surface area (Å²) in [5.74, 6) is 0.209. The van der Waals surface area contributed by atoms with Crippen molar-refractivity contribution < 1.29 is 9.90 Å². The van der Waals surface area contributed by atoms with Crippen molar-refractivity contribution in [1.29, 1.82) is 0 Å². The van der Waals surface area contributed by atoms with E-state index in [0.29, 0.717) is 5.92 Å². The summed E-state index contributed by atoms with van der Waals surface area (Å²) in [6.45, 7) is 0.282. The Morgan fingerprint density at radius 1 is 1.79 bits per heavy atom. The standard InChI is InChI=1S/C8H12N4O2/c13-6(5-1-2-5)3-9-8(14)7-10-4-11-12-7/h4-6,13H,1-3H2,(H,9,14)(H,10,11,12). The van der Waals surface area contributed by atoms with Crippen LogP contribution in [0, 0.1) is 5.92 Å². The Kier molecular flexibility index (Phi) is 2.45. The van der Waals surface area contributed by atoms with Crippen molar-refractivity contribution in [3.63, 3.8) is 0 Å². The number of aliphatic hydroxyl groups is 1. The molecule has 0 spiro atoms. The van der Waals surface area contributed by atoms with E-state index in [1.807, 2.05) is 0 Å². The summed E-state index contributed by atoms with van der Waals surface area (Å²) in [7, 11) is 0. The third kappa shape index (κ3) is 2.08. The molecule has 6 heteroatoms. The van der Waals surface area contributed by atoms with Crippen LogP contribution < -0.4 is 5.32 Å². The van der Waals surface area contributed by atoms with Crippen LogP contribution in [0.3, 0.4) is 0 Å². The van der Waals surface area contributed by atoms with E-state index in [9.17, 15) is 9.90 Å². The van der Waals surface area contributed by atoms with Gasteiger partial charge in [0.25, 0.3) is 5.91 Å². The van der Waals surface area contributed by atoms with Crippen LogP contribution in [0.15, 0.2) is 6.33 Å².